The number of halogens is 1. The molecule has 2 aromatic rings. The number of thioether (sulfide) groups is 1. The van der Waals surface area contributed by atoms with E-state index in [2.05, 4.69) is 15.6 Å². The van der Waals surface area contributed by atoms with E-state index in [4.69, 9.17) is 4.74 Å². The third-order valence-electron chi connectivity index (χ3n) is 4.07. The van der Waals surface area contributed by atoms with Gasteiger partial charge in [0.1, 0.15) is 5.82 Å². The quantitative estimate of drug-likeness (QED) is 0.706. The fourth-order valence-electron chi connectivity index (χ4n) is 2.58. The molecule has 8 heteroatoms. The van der Waals surface area contributed by atoms with Crippen LogP contribution in [0.3, 0.4) is 0 Å². The number of hydrogen-bond acceptors (Lipinski definition) is 6. The number of carbonyl (C=O) groups is 2. The van der Waals surface area contributed by atoms with Crippen LogP contribution in [0, 0.1) is 5.82 Å². The summed E-state index contributed by atoms with van der Waals surface area (Å²) in [4.78, 5) is 28.9. The summed E-state index contributed by atoms with van der Waals surface area (Å²) in [5.74, 6) is -0.986. The molecule has 29 heavy (non-hydrogen) atoms. The van der Waals surface area contributed by atoms with E-state index in [1.54, 1.807) is 13.0 Å². The number of anilines is 2. The molecule has 3 rings (SSSR count). The maximum absolute atomic E-state index is 13.0. The molecule has 0 saturated carbocycles. The lowest BCUT2D eigenvalue weighted by Crippen LogP contribution is -2.23. The Morgan fingerprint density at radius 2 is 1.93 bits per heavy atom. The van der Waals surface area contributed by atoms with Crippen LogP contribution in [0.1, 0.15) is 13.3 Å². The highest BCUT2D eigenvalue weighted by Gasteiger charge is 2.19. The number of para-hydroxylation sites is 2. The van der Waals surface area contributed by atoms with E-state index >= 15 is 0 Å². The SMILES string of the molecule is COC(=O)CC1=CC(S[C@H](C)C(=O)Nc2ccc(F)cc2)=Nc2ccccc2N1. The molecule has 2 N–H and O–H groups in total. The summed E-state index contributed by atoms with van der Waals surface area (Å²) in [7, 11) is 1.33. The first-order valence-corrected chi connectivity index (χ1v) is 9.78. The largest absolute Gasteiger partial charge is 0.469 e. The van der Waals surface area contributed by atoms with Crippen LogP contribution in [0.4, 0.5) is 21.5 Å². The minimum Gasteiger partial charge on any atom is -0.469 e. The van der Waals surface area contributed by atoms with Crippen molar-refractivity contribution in [3.63, 3.8) is 0 Å². The number of carbonyl (C=O) groups excluding carboxylic acids is 2. The number of fused-ring (bicyclic) bond motifs is 1. The Kier molecular flexibility index (Phi) is 6.66. The number of esters is 1. The van der Waals surface area contributed by atoms with Crippen molar-refractivity contribution in [1.29, 1.82) is 0 Å². The van der Waals surface area contributed by atoms with Crippen LogP contribution in [-0.2, 0) is 14.3 Å². The van der Waals surface area contributed by atoms with E-state index < -0.39 is 5.25 Å². The molecule has 2 aromatic carbocycles. The number of hydrogen-bond donors (Lipinski definition) is 2. The van der Waals surface area contributed by atoms with Gasteiger partial charge in [-0.05, 0) is 49.4 Å². The summed E-state index contributed by atoms with van der Waals surface area (Å²) in [6.07, 6.45) is 1.80. The second kappa shape index (κ2) is 9.38. The molecule has 150 valence electrons. The molecule has 1 aliphatic heterocycles. The molecule has 0 saturated heterocycles. The standard InChI is InChI=1S/C21H20FN3O3S/c1-13(21(27)24-15-9-7-14(22)8-10-15)29-19-11-16(12-20(26)28-2)23-17-5-3-4-6-18(17)25-19/h3-11,13,23H,12H2,1-2H3,(H,24,27)/t13-/m1/s1. The van der Waals surface area contributed by atoms with Gasteiger partial charge in [-0.15, -0.1) is 0 Å². The summed E-state index contributed by atoms with van der Waals surface area (Å²) in [5.41, 5.74) is 2.61. The molecule has 1 atom stereocenters. The van der Waals surface area contributed by atoms with Crippen LogP contribution in [0.25, 0.3) is 0 Å². The van der Waals surface area contributed by atoms with Crippen molar-refractivity contribution in [2.45, 2.75) is 18.6 Å². The minimum atomic E-state index is -0.473. The third kappa shape index (κ3) is 5.68. The molecule has 1 heterocycles. The van der Waals surface area contributed by atoms with Crippen molar-refractivity contribution in [3.8, 4) is 0 Å². The van der Waals surface area contributed by atoms with Crippen molar-refractivity contribution in [2.75, 3.05) is 17.7 Å². The molecule has 0 fully saturated rings. The van der Waals surface area contributed by atoms with Gasteiger partial charge in [0, 0.05) is 11.4 Å². The molecule has 0 spiro atoms. The molecule has 0 bridgehead atoms. The zero-order chi connectivity index (χ0) is 20.8. The van der Waals surface area contributed by atoms with E-state index in [1.165, 1.54) is 43.1 Å². The van der Waals surface area contributed by atoms with Crippen molar-refractivity contribution < 1.29 is 18.7 Å². The first kappa shape index (κ1) is 20.6. The van der Waals surface area contributed by atoms with E-state index in [0.29, 0.717) is 22.1 Å². The highest BCUT2D eigenvalue weighted by molar-refractivity contribution is 8.15. The maximum Gasteiger partial charge on any atom is 0.311 e. The van der Waals surface area contributed by atoms with Gasteiger partial charge in [0.25, 0.3) is 0 Å². The van der Waals surface area contributed by atoms with Gasteiger partial charge in [-0.1, -0.05) is 23.9 Å². The topological polar surface area (TPSA) is 79.8 Å². The maximum atomic E-state index is 13.0. The summed E-state index contributed by atoms with van der Waals surface area (Å²) in [6.45, 7) is 1.75. The lowest BCUT2D eigenvalue weighted by molar-refractivity contribution is -0.139. The van der Waals surface area contributed by atoms with E-state index in [9.17, 15) is 14.0 Å². The number of amides is 1. The van der Waals surface area contributed by atoms with Crippen LogP contribution in [-0.4, -0.2) is 29.3 Å². The molecule has 6 nitrogen and oxygen atoms in total. The van der Waals surface area contributed by atoms with Gasteiger partial charge >= 0.3 is 5.97 Å². The van der Waals surface area contributed by atoms with Crippen LogP contribution in [0.5, 0.6) is 0 Å². The predicted molar refractivity (Wildman–Crippen MR) is 114 cm³/mol. The van der Waals surface area contributed by atoms with Crippen LogP contribution in [0.2, 0.25) is 0 Å². The average molecular weight is 413 g/mol. The fourth-order valence-corrected chi connectivity index (χ4v) is 3.47. The summed E-state index contributed by atoms with van der Waals surface area (Å²) < 4.78 is 17.8. The molecular formula is C21H20FN3O3S. The molecule has 0 aliphatic carbocycles. The zero-order valence-electron chi connectivity index (χ0n) is 15.9. The third-order valence-corrected chi connectivity index (χ3v) is 5.09. The highest BCUT2D eigenvalue weighted by atomic mass is 32.2. The number of rotatable bonds is 5. The predicted octanol–water partition coefficient (Wildman–Crippen LogP) is 4.49. The monoisotopic (exact) mass is 413 g/mol. The normalized spacial score (nSPS) is 13.8. The molecule has 0 radical (unpaired) electrons. The number of methoxy groups -OCH3 is 1. The Morgan fingerprint density at radius 3 is 2.66 bits per heavy atom. The molecular weight excluding hydrogens is 393 g/mol. The van der Waals surface area contributed by atoms with Gasteiger partial charge < -0.3 is 15.4 Å². The first-order valence-electron chi connectivity index (χ1n) is 8.90. The Hall–Kier alpha value is -3.13. The lowest BCUT2D eigenvalue weighted by atomic mass is 10.2. The Balaban J connectivity index is 1.77. The minimum absolute atomic E-state index is 0.0561. The Labute approximate surface area is 172 Å². The number of nitrogens with one attached hydrogen (secondary N) is 2. The summed E-state index contributed by atoms with van der Waals surface area (Å²) >= 11 is 1.26. The second-order valence-corrected chi connectivity index (χ2v) is 7.63. The number of nitrogens with zero attached hydrogens (tertiary/aromatic N) is 1. The van der Waals surface area contributed by atoms with Crippen molar-refractivity contribution in [3.05, 3.63) is 66.1 Å². The first-order chi connectivity index (χ1) is 13.9. The zero-order valence-corrected chi connectivity index (χ0v) is 16.8. The molecule has 1 amide bonds. The summed E-state index contributed by atoms with van der Waals surface area (Å²) in [5, 5.41) is 6.07. The number of aliphatic imine (C=N–C) groups is 1. The highest BCUT2D eigenvalue weighted by Crippen LogP contribution is 2.32. The van der Waals surface area contributed by atoms with Gasteiger partial charge in [0.2, 0.25) is 5.91 Å². The van der Waals surface area contributed by atoms with E-state index in [-0.39, 0.29) is 24.1 Å². The van der Waals surface area contributed by atoms with Crippen LogP contribution >= 0.6 is 11.8 Å². The van der Waals surface area contributed by atoms with Gasteiger partial charge in [-0.2, -0.15) is 0 Å². The number of ether oxygens (including phenoxy) is 1. The summed E-state index contributed by atoms with van der Waals surface area (Å²) in [6, 6.07) is 13.0. The van der Waals surface area contributed by atoms with Crippen molar-refractivity contribution in [2.24, 2.45) is 4.99 Å². The van der Waals surface area contributed by atoms with Gasteiger partial charge in [0.05, 0.1) is 35.2 Å². The number of benzene rings is 2. The molecule has 0 unspecified atom stereocenters. The Bertz CT molecular complexity index is 973. The molecule has 0 aromatic heterocycles. The smallest absolute Gasteiger partial charge is 0.311 e. The van der Waals surface area contributed by atoms with Crippen molar-refractivity contribution >= 4 is 45.7 Å². The van der Waals surface area contributed by atoms with E-state index in [1.807, 2.05) is 24.3 Å². The van der Waals surface area contributed by atoms with E-state index in [0.717, 1.165) is 5.69 Å². The van der Waals surface area contributed by atoms with Crippen LogP contribution < -0.4 is 10.6 Å². The Morgan fingerprint density at radius 1 is 1.21 bits per heavy atom. The lowest BCUT2D eigenvalue weighted by Gasteiger charge is -2.12. The molecule has 1 aliphatic rings. The fraction of sp³-hybridized carbons (Fsp3) is 0.190. The van der Waals surface area contributed by atoms with Gasteiger partial charge in [-0.3, -0.25) is 9.59 Å². The van der Waals surface area contributed by atoms with Crippen LogP contribution in [0.15, 0.2) is 65.3 Å². The second-order valence-electron chi connectivity index (χ2n) is 6.27. The van der Waals surface area contributed by atoms with Gasteiger partial charge in [-0.25, -0.2) is 9.38 Å². The van der Waals surface area contributed by atoms with Crippen molar-refractivity contribution in [1.82, 2.24) is 0 Å². The average Bonchev–Trinajstić information content (AvgIpc) is 2.87. The van der Waals surface area contributed by atoms with Gasteiger partial charge in [0.15, 0.2) is 0 Å².